The van der Waals surface area contributed by atoms with Crippen molar-refractivity contribution in [2.45, 2.75) is 96.8 Å². The van der Waals surface area contributed by atoms with Gasteiger partial charge in [-0.05, 0) is 32.1 Å². The van der Waals surface area contributed by atoms with E-state index < -0.39 is 0 Å². The molecule has 0 heterocycles. The Labute approximate surface area is 131 Å². The topological polar surface area (TPSA) is 52.2 Å². The summed E-state index contributed by atoms with van der Waals surface area (Å²) < 4.78 is 0. The average Bonchev–Trinajstić information content (AvgIpc) is 2.50. The first kappa shape index (κ1) is 20.2. The van der Waals surface area contributed by atoms with Gasteiger partial charge < -0.3 is 10.7 Å². The largest absolute Gasteiger partial charge is 0.759 e. The van der Waals surface area contributed by atoms with Crippen molar-refractivity contribution in [2.24, 2.45) is 0 Å². The van der Waals surface area contributed by atoms with Crippen LogP contribution in [0.3, 0.4) is 0 Å². The smallest absolute Gasteiger partial charge is 0.209 e. The van der Waals surface area contributed by atoms with E-state index in [0.717, 1.165) is 19.3 Å². The molecule has 0 aromatic heterocycles. The number of carbonyl (C=O) groups excluding carboxylic acids is 1. The molecule has 0 aliphatic rings. The van der Waals surface area contributed by atoms with Gasteiger partial charge >= 0.3 is 0 Å². The summed E-state index contributed by atoms with van der Waals surface area (Å²) in [5.41, 5.74) is 1.42. The Morgan fingerprint density at radius 2 is 1.29 bits per heavy atom. The molecule has 0 aromatic carbocycles. The van der Waals surface area contributed by atoms with Crippen LogP contribution in [0.2, 0.25) is 0 Å². The van der Waals surface area contributed by atoms with E-state index in [-0.39, 0.29) is 5.91 Å². The summed E-state index contributed by atoms with van der Waals surface area (Å²) in [6.07, 6.45) is 21.2. The van der Waals surface area contributed by atoms with Crippen LogP contribution < -0.4 is 5.48 Å². The Hall–Kier alpha value is -0.830. The fourth-order valence-corrected chi connectivity index (χ4v) is 2.41. The van der Waals surface area contributed by atoms with Gasteiger partial charge in [0.15, 0.2) is 0 Å². The van der Waals surface area contributed by atoms with Crippen molar-refractivity contribution in [3.8, 4) is 0 Å². The lowest BCUT2D eigenvalue weighted by molar-refractivity contribution is -0.120. The van der Waals surface area contributed by atoms with Crippen LogP contribution >= 0.6 is 0 Å². The maximum Gasteiger partial charge on any atom is 0.209 e. The van der Waals surface area contributed by atoms with Crippen LogP contribution in [-0.4, -0.2) is 5.91 Å². The SMILES string of the molecule is CCCCCCCCC=CCCCCCCCC(=O)N[O-]. The van der Waals surface area contributed by atoms with Crippen LogP contribution in [0.5, 0.6) is 0 Å². The van der Waals surface area contributed by atoms with Gasteiger partial charge in [0.05, 0.1) is 0 Å². The van der Waals surface area contributed by atoms with Gasteiger partial charge in [-0.25, -0.2) is 0 Å². The molecule has 0 aliphatic carbocycles. The molecule has 0 atom stereocenters. The summed E-state index contributed by atoms with van der Waals surface area (Å²) in [4.78, 5) is 10.7. The first-order valence-electron chi connectivity index (χ1n) is 8.87. The number of rotatable bonds is 15. The first-order valence-corrected chi connectivity index (χ1v) is 8.87. The molecule has 0 bridgehead atoms. The number of hydrogen-bond donors (Lipinski definition) is 1. The van der Waals surface area contributed by atoms with Gasteiger partial charge in [0, 0.05) is 6.42 Å². The molecule has 3 heteroatoms. The lowest BCUT2D eigenvalue weighted by Gasteiger charge is -2.06. The molecule has 124 valence electrons. The van der Waals surface area contributed by atoms with Crippen LogP contribution in [0.1, 0.15) is 96.8 Å². The summed E-state index contributed by atoms with van der Waals surface area (Å²) in [6.45, 7) is 2.26. The number of amides is 1. The van der Waals surface area contributed by atoms with Crippen LogP contribution in [0.25, 0.3) is 0 Å². The molecule has 0 radical (unpaired) electrons. The quantitative estimate of drug-likeness (QED) is 0.241. The van der Waals surface area contributed by atoms with Gasteiger partial charge in [-0.3, -0.25) is 4.79 Å². The molecule has 1 N–H and O–H groups in total. The normalized spacial score (nSPS) is 11.1. The predicted molar refractivity (Wildman–Crippen MR) is 91.0 cm³/mol. The van der Waals surface area contributed by atoms with Crippen molar-refractivity contribution < 1.29 is 4.79 Å². The molecule has 21 heavy (non-hydrogen) atoms. The molecule has 0 spiro atoms. The number of unbranched alkanes of at least 4 members (excludes halogenated alkanes) is 11. The maximum atomic E-state index is 10.7. The predicted octanol–water partition coefficient (Wildman–Crippen LogP) is 5.64. The molecule has 0 saturated carbocycles. The van der Waals surface area contributed by atoms with Gasteiger partial charge in [0.1, 0.15) is 0 Å². The third-order valence-electron chi connectivity index (χ3n) is 3.78. The van der Waals surface area contributed by atoms with Crippen LogP contribution in [0, 0.1) is 5.21 Å². The number of nitrogens with one attached hydrogen (secondary N) is 1. The molecule has 0 fully saturated rings. The average molecular weight is 296 g/mol. The number of hydroxylamine groups is 1. The highest BCUT2D eigenvalue weighted by Gasteiger charge is 1.95. The third-order valence-corrected chi connectivity index (χ3v) is 3.78. The van der Waals surface area contributed by atoms with Crippen molar-refractivity contribution >= 4 is 5.91 Å². The van der Waals surface area contributed by atoms with Gasteiger partial charge in [0.2, 0.25) is 5.91 Å². The number of allylic oxidation sites excluding steroid dienone is 2. The van der Waals surface area contributed by atoms with Crippen LogP contribution in [0.4, 0.5) is 0 Å². The second-order valence-electron chi connectivity index (χ2n) is 5.86. The third kappa shape index (κ3) is 17.1. The van der Waals surface area contributed by atoms with Gasteiger partial charge in [-0.2, -0.15) is 0 Å². The first-order chi connectivity index (χ1) is 10.3. The lowest BCUT2D eigenvalue weighted by Crippen LogP contribution is -2.14. The molecule has 0 unspecified atom stereocenters. The standard InChI is InChI=1S/C18H34NO2/c1-2-3-4-5-6-7-8-9-10-11-12-13-14-15-16-17-18(20)19-21/h9-10H,2-8,11-17H2,1H3,(H-,19,20,21)/q-1. The zero-order valence-electron chi connectivity index (χ0n) is 13.9. The molecule has 3 nitrogen and oxygen atoms in total. The van der Waals surface area contributed by atoms with Crippen LogP contribution in [0.15, 0.2) is 12.2 Å². The highest BCUT2D eigenvalue weighted by Crippen LogP contribution is 2.09. The van der Waals surface area contributed by atoms with E-state index >= 15 is 0 Å². The van der Waals surface area contributed by atoms with Crippen molar-refractivity contribution in [1.29, 1.82) is 0 Å². The van der Waals surface area contributed by atoms with E-state index in [9.17, 15) is 10.0 Å². The Balaban J connectivity index is 3.10. The second-order valence-corrected chi connectivity index (χ2v) is 5.86. The highest BCUT2D eigenvalue weighted by molar-refractivity contribution is 5.76. The Morgan fingerprint density at radius 3 is 1.81 bits per heavy atom. The van der Waals surface area contributed by atoms with Gasteiger partial charge in [0.25, 0.3) is 0 Å². The molecule has 0 rings (SSSR count). The van der Waals surface area contributed by atoms with E-state index in [2.05, 4.69) is 19.1 Å². The summed E-state index contributed by atoms with van der Waals surface area (Å²) >= 11 is 0. The zero-order valence-corrected chi connectivity index (χ0v) is 13.9. The molecule has 1 amide bonds. The fraction of sp³-hybridized carbons (Fsp3) is 0.833. The Bertz CT molecular complexity index is 252. The number of carbonyl (C=O) groups is 1. The second kappa shape index (κ2) is 17.2. The maximum absolute atomic E-state index is 10.7. The molecule has 0 saturated heterocycles. The zero-order chi connectivity index (χ0) is 15.6. The summed E-state index contributed by atoms with van der Waals surface area (Å²) in [5, 5.41) is 10.0. The molecular formula is C18H34NO2-. The molecule has 0 aliphatic heterocycles. The van der Waals surface area contributed by atoms with Gasteiger partial charge in [-0.1, -0.05) is 70.4 Å². The summed E-state index contributed by atoms with van der Waals surface area (Å²) in [5.74, 6) is -0.382. The van der Waals surface area contributed by atoms with Crippen molar-refractivity contribution in [3.63, 3.8) is 0 Å². The Morgan fingerprint density at radius 1 is 0.810 bits per heavy atom. The van der Waals surface area contributed by atoms with E-state index in [4.69, 9.17) is 0 Å². The van der Waals surface area contributed by atoms with Crippen molar-refractivity contribution in [2.75, 3.05) is 0 Å². The number of hydrogen-bond acceptors (Lipinski definition) is 2. The van der Waals surface area contributed by atoms with Gasteiger partial charge in [-0.15, -0.1) is 0 Å². The van der Waals surface area contributed by atoms with Crippen molar-refractivity contribution in [3.05, 3.63) is 17.4 Å². The van der Waals surface area contributed by atoms with Crippen LogP contribution in [-0.2, 0) is 4.79 Å². The fourth-order valence-electron chi connectivity index (χ4n) is 2.41. The minimum atomic E-state index is -0.382. The highest BCUT2D eigenvalue weighted by atomic mass is 16.5. The molecular weight excluding hydrogens is 262 g/mol. The Kier molecular flexibility index (Phi) is 16.5. The van der Waals surface area contributed by atoms with E-state index in [1.165, 1.54) is 69.7 Å². The van der Waals surface area contributed by atoms with E-state index in [1.807, 2.05) is 0 Å². The summed E-state index contributed by atoms with van der Waals surface area (Å²) in [7, 11) is 0. The minimum absolute atomic E-state index is 0.377. The minimum Gasteiger partial charge on any atom is -0.759 e. The monoisotopic (exact) mass is 296 g/mol. The molecule has 0 aromatic rings. The van der Waals surface area contributed by atoms with Crippen molar-refractivity contribution in [1.82, 2.24) is 5.48 Å². The van der Waals surface area contributed by atoms with E-state index in [1.54, 1.807) is 0 Å². The van der Waals surface area contributed by atoms with E-state index in [0.29, 0.717) is 6.42 Å². The summed E-state index contributed by atoms with van der Waals surface area (Å²) in [6, 6.07) is 0. The lowest BCUT2D eigenvalue weighted by atomic mass is 10.1.